The maximum Gasteiger partial charge on any atom is 0.339 e. The fourth-order valence-corrected chi connectivity index (χ4v) is 4.22. The standard InChI is InChI=1S/C26H22N2O5S/c1-2-32-25-16-19(12-15-24(25)33-34(30,31)23-10-4-3-5-11-23)18-27-28-26(29)22-14-13-20-8-6-7-9-21(20)17-22/h3-18H,2H2,1H3,(H,28,29)/b27-18-. The van der Waals surface area contributed by atoms with E-state index < -0.39 is 10.1 Å². The summed E-state index contributed by atoms with van der Waals surface area (Å²) in [6, 6.07) is 25.7. The highest BCUT2D eigenvalue weighted by Gasteiger charge is 2.19. The van der Waals surface area contributed by atoms with Gasteiger partial charge in [0.15, 0.2) is 11.5 Å². The molecule has 4 aromatic rings. The van der Waals surface area contributed by atoms with Crippen LogP contribution in [0.3, 0.4) is 0 Å². The molecule has 0 saturated carbocycles. The number of ether oxygens (including phenoxy) is 1. The molecule has 0 aliphatic heterocycles. The molecule has 0 unspecified atom stereocenters. The number of carbonyl (C=O) groups excluding carboxylic acids is 1. The second-order valence-electron chi connectivity index (χ2n) is 7.25. The van der Waals surface area contributed by atoms with Gasteiger partial charge in [-0.2, -0.15) is 13.5 Å². The second kappa shape index (κ2) is 10.2. The number of amides is 1. The smallest absolute Gasteiger partial charge is 0.339 e. The molecule has 8 heteroatoms. The quantitative estimate of drug-likeness (QED) is 0.226. The SMILES string of the molecule is CCOc1cc(/C=N\NC(=O)c2ccc3ccccc3c2)ccc1OS(=O)(=O)c1ccccc1. The first-order valence-electron chi connectivity index (χ1n) is 10.5. The molecule has 0 radical (unpaired) electrons. The maximum absolute atomic E-state index is 12.6. The molecule has 4 aromatic carbocycles. The molecule has 0 saturated heterocycles. The number of fused-ring (bicyclic) bond motifs is 1. The van der Waals surface area contributed by atoms with Crippen LogP contribution in [0, 0.1) is 0 Å². The normalized spacial score (nSPS) is 11.4. The van der Waals surface area contributed by atoms with Crippen molar-refractivity contribution >= 4 is 33.0 Å². The molecule has 4 rings (SSSR count). The summed E-state index contributed by atoms with van der Waals surface area (Å²) >= 11 is 0. The number of hydrazone groups is 1. The summed E-state index contributed by atoms with van der Waals surface area (Å²) in [5, 5.41) is 6.02. The van der Waals surface area contributed by atoms with E-state index in [1.165, 1.54) is 24.4 Å². The number of hydrogen-bond acceptors (Lipinski definition) is 6. The van der Waals surface area contributed by atoms with Gasteiger partial charge in [-0.25, -0.2) is 5.43 Å². The predicted octanol–water partition coefficient (Wildman–Crippen LogP) is 4.77. The van der Waals surface area contributed by atoms with Crippen LogP contribution >= 0.6 is 0 Å². The third-order valence-electron chi connectivity index (χ3n) is 4.89. The second-order valence-corrected chi connectivity index (χ2v) is 8.80. The molecular weight excluding hydrogens is 452 g/mol. The number of hydrogen-bond donors (Lipinski definition) is 1. The van der Waals surface area contributed by atoms with Crippen molar-refractivity contribution < 1.29 is 22.1 Å². The molecule has 0 bridgehead atoms. The molecule has 0 heterocycles. The zero-order chi connectivity index (χ0) is 24.0. The Bertz CT molecular complexity index is 1450. The van der Waals surface area contributed by atoms with Gasteiger partial charge in [0, 0.05) is 5.56 Å². The van der Waals surface area contributed by atoms with Crippen LogP contribution in [-0.2, 0) is 10.1 Å². The zero-order valence-corrected chi connectivity index (χ0v) is 19.2. The minimum Gasteiger partial charge on any atom is -0.490 e. The average Bonchev–Trinajstić information content (AvgIpc) is 2.86. The van der Waals surface area contributed by atoms with Crippen molar-refractivity contribution in [2.24, 2.45) is 5.10 Å². The van der Waals surface area contributed by atoms with Gasteiger partial charge in [-0.15, -0.1) is 0 Å². The lowest BCUT2D eigenvalue weighted by Gasteiger charge is -2.12. The Balaban J connectivity index is 1.48. The number of carbonyl (C=O) groups is 1. The molecule has 0 atom stereocenters. The van der Waals surface area contributed by atoms with Gasteiger partial charge in [0.25, 0.3) is 5.91 Å². The van der Waals surface area contributed by atoms with E-state index in [2.05, 4.69) is 10.5 Å². The first-order valence-corrected chi connectivity index (χ1v) is 12.0. The molecule has 0 aliphatic carbocycles. The Morgan fingerprint density at radius 3 is 2.38 bits per heavy atom. The molecule has 1 amide bonds. The molecule has 0 aromatic heterocycles. The van der Waals surface area contributed by atoms with E-state index in [0.717, 1.165) is 10.8 Å². The van der Waals surface area contributed by atoms with Crippen molar-refractivity contribution in [3.8, 4) is 11.5 Å². The summed E-state index contributed by atoms with van der Waals surface area (Å²) in [4.78, 5) is 12.5. The Kier molecular flexibility index (Phi) is 6.89. The van der Waals surface area contributed by atoms with Crippen LogP contribution in [0.1, 0.15) is 22.8 Å². The van der Waals surface area contributed by atoms with E-state index in [9.17, 15) is 13.2 Å². The minimum atomic E-state index is -4.01. The van der Waals surface area contributed by atoms with Gasteiger partial charge in [0.2, 0.25) is 0 Å². The fourth-order valence-electron chi connectivity index (χ4n) is 3.26. The highest BCUT2D eigenvalue weighted by molar-refractivity contribution is 7.87. The number of benzene rings is 4. The van der Waals surface area contributed by atoms with Crippen molar-refractivity contribution in [3.63, 3.8) is 0 Å². The van der Waals surface area contributed by atoms with Crippen LogP contribution in [-0.4, -0.2) is 27.1 Å². The van der Waals surface area contributed by atoms with Crippen molar-refractivity contribution in [3.05, 3.63) is 102 Å². The molecule has 0 fully saturated rings. The average molecular weight is 475 g/mol. The molecule has 1 N–H and O–H groups in total. The first-order chi connectivity index (χ1) is 16.5. The van der Waals surface area contributed by atoms with E-state index >= 15 is 0 Å². The lowest BCUT2D eigenvalue weighted by atomic mass is 10.1. The van der Waals surface area contributed by atoms with E-state index in [1.54, 1.807) is 49.4 Å². The van der Waals surface area contributed by atoms with Crippen molar-refractivity contribution in [1.82, 2.24) is 5.43 Å². The van der Waals surface area contributed by atoms with E-state index in [0.29, 0.717) is 17.7 Å². The summed E-state index contributed by atoms with van der Waals surface area (Å²) in [7, 11) is -4.01. The summed E-state index contributed by atoms with van der Waals surface area (Å²) < 4.78 is 36.0. The summed E-state index contributed by atoms with van der Waals surface area (Å²) in [5.41, 5.74) is 3.58. The molecular formula is C26H22N2O5S. The van der Waals surface area contributed by atoms with Crippen molar-refractivity contribution in [1.29, 1.82) is 0 Å². The van der Waals surface area contributed by atoms with Crippen molar-refractivity contribution in [2.75, 3.05) is 6.61 Å². The fraction of sp³-hybridized carbons (Fsp3) is 0.0769. The monoisotopic (exact) mass is 474 g/mol. The van der Waals surface area contributed by atoms with Crippen LogP contribution < -0.4 is 14.3 Å². The van der Waals surface area contributed by atoms with Crippen LogP contribution in [0.15, 0.2) is 101 Å². The molecule has 172 valence electrons. The molecule has 0 aliphatic rings. The lowest BCUT2D eigenvalue weighted by molar-refractivity contribution is 0.0955. The lowest BCUT2D eigenvalue weighted by Crippen LogP contribution is -2.17. The Hall–Kier alpha value is -4.17. The number of rotatable bonds is 8. The van der Waals surface area contributed by atoms with Crippen molar-refractivity contribution in [2.45, 2.75) is 11.8 Å². The minimum absolute atomic E-state index is 0.0412. The summed E-state index contributed by atoms with van der Waals surface area (Å²) in [5.74, 6) is -0.0455. The topological polar surface area (TPSA) is 94.1 Å². The van der Waals surface area contributed by atoms with Gasteiger partial charge in [-0.05, 0) is 65.7 Å². The van der Waals surface area contributed by atoms with E-state index in [4.69, 9.17) is 8.92 Å². The van der Waals surface area contributed by atoms with Gasteiger partial charge in [-0.1, -0.05) is 48.5 Å². The Morgan fingerprint density at radius 2 is 1.62 bits per heavy atom. The molecule has 7 nitrogen and oxygen atoms in total. The van der Waals surface area contributed by atoms with Gasteiger partial charge in [0.1, 0.15) is 4.90 Å². The van der Waals surface area contributed by atoms with Crippen LogP contribution in [0.25, 0.3) is 10.8 Å². The Labute approximate surface area is 197 Å². The van der Waals surface area contributed by atoms with Crippen LogP contribution in [0.5, 0.6) is 11.5 Å². The summed E-state index contributed by atoms with van der Waals surface area (Å²) in [6.45, 7) is 2.08. The zero-order valence-electron chi connectivity index (χ0n) is 18.3. The number of nitrogens with zero attached hydrogens (tertiary/aromatic N) is 1. The summed E-state index contributed by atoms with van der Waals surface area (Å²) in [6.07, 6.45) is 1.44. The van der Waals surface area contributed by atoms with Gasteiger partial charge >= 0.3 is 10.1 Å². The predicted molar refractivity (Wildman–Crippen MR) is 131 cm³/mol. The number of nitrogens with one attached hydrogen (secondary N) is 1. The third kappa shape index (κ3) is 5.41. The Morgan fingerprint density at radius 1 is 0.882 bits per heavy atom. The van der Waals surface area contributed by atoms with Crippen LogP contribution in [0.4, 0.5) is 0 Å². The van der Waals surface area contributed by atoms with E-state index in [1.807, 2.05) is 30.3 Å². The van der Waals surface area contributed by atoms with Gasteiger partial charge in [0.05, 0.1) is 12.8 Å². The molecule has 34 heavy (non-hydrogen) atoms. The highest BCUT2D eigenvalue weighted by Crippen LogP contribution is 2.30. The first kappa shape index (κ1) is 23.0. The van der Waals surface area contributed by atoms with E-state index in [-0.39, 0.29) is 22.3 Å². The molecule has 0 spiro atoms. The van der Waals surface area contributed by atoms with Gasteiger partial charge in [-0.3, -0.25) is 4.79 Å². The van der Waals surface area contributed by atoms with Gasteiger partial charge < -0.3 is 8.92 Å². The largest absolute Gasteiger partial charge is 0.490 e. The highest BCUT2D eigenvalue weighted by atomic mass is 32.2. The van der Waals surface area contributed by atoms with Crippen LogP contribution in [0.2, 0.25) is 0 Å². The third-order valence-corrected chi connectivity index (χ3v) is 6.14. The maximum atomic E-state index is 12.6.